The van der Waals surface area contributed by atoms with E-state index >= 15 is 0 Å². The van der Waals surface area contributed by atoms with Gasteiger partial charge in [0.25, 0.3) is 0 Å². The third-order valence-electron chi connectivity index (χ3n) is 0.303. The second-order valence-electron chi connectivity index (χ2n) is 1.03. The highest BCUT2D eigenvalue weighted by Gasteiger charge is 1.85. The zero-order chi connectivity index (χ0) is 7.28. The van der Waals surface area contributed by atoms with Crippen molar-refractivity contribution in [1.82, 2.24) is 11.0 Å². The van der Waals surface area contributed by atoms with Gasteiger partial charge in [0, 0.05) is 0 Å². The highest BCUT2D eigenvalue weighted by Crippen LogP contribution is 1.58. The van der Waals surface area contributed by atoms with E-state index in [2.05, 4.69) is 40.3 Å². The van der Waals surface area contributed by atoms with Crippen molar-refractivity contribution in [1.29, 1.82) is 0 Å². The standard InChI is InChI=1S/C2H6N4OS2/c3-1(8)5-7-6-2(4)9/h(H3,3,5,8)(H3,4,6,9). The van der Waals surface area contributed by atoms with E-state index in [1.807, 2.05) is 0 Å². The predicted molar refractivity (Wildman–Crippen MR) is 40.9 cm³/mol. The number of nitrogens with two attached hydrogens (primary N) is 2. The zero-order valence-corrected chi connectivity index (χ0v) is 6.01. The van der Waals surface area contributed by atoms with Gasteiger partial charge in [-0.1, -0.05) is 0 Å². The Morgan fingerprint density at radius 2 is 1.44 bits per heavy atom. The fourth-order valence-corrected chi connectivity index (χ4v) is 0.209. The molecule has 0 aromatic rings. The molecule has 0 rings (SSSR count). The van der Waals surface area contributed by atoms with Crippen molar-refractivity contribution in [3.05, 3.63) is 0 Å². The summed E-state index contributed by atoms with van der Waals surface area (Å²) < 4.78 is 0. The summed E-state index contributed by atoms with van der Waals surface area (Å²) in [7, 11) is 0. The van der Waals surface area contributed by atoms with Crippen molar-refractivity contribution < 1.29 is 4.94 Å². The van der Waals surface area contributed by atoms with Crippen molar-refractivity contribution in [3.8, 4) is 0 Å². The Hall–Kier alpha value is -0.660. The van der Waals surface area contributed by atoms with Crippen molar-refractivity contribution in [3.63, 3.8) is 0 Å². The minimum absolute atomic E-state index is 0.00116. The maximum absolute atomic E-state index is 4.95. The molecule has 0 fully saturated rings. The molecule has 0 aromatic heterocycles. The van der Waals surface area contributed by atoms with Crippen LogP contribution in [-0.2, 0) is 4.94 Å². The summed E-state index contributed by atoms with van der Waals surface area (Å²) in [5, 5.41) is -0.00231. The molecule has 0 aliphatic carbocycles. The van der Waals surface area contributed by atoms with E-state index in [1.165, 1.54) is 0 Å². The lowest BCUT2D eigenvalue weighted by atomic mass is 11.2. The molecule has 0 aliphatic rings. The molecular weight excluding hydrogens is 160 g/mol. The number of rotatable bonds is 2. The molecular formula is C2H6N4OS2. The fraction of sp³-hybridized carbons (Fsp3) is 0. The Balaban J connectivity index is 3.10. The Kier molecular flexibility index (Phi) is 3.93. The zero-order valence-electron chi connectivity index (χ0n) is 4.38. The molecule has 5 nitrogen and oxygen atoms in total. The molecule has 0 aromatic carbocycles. The molecule has 52 valence electrons. The van der Waals surface area contributed by atoms with Gasteiger partial charge in [-0.3, -0.25) is 0 Å². The van der Waals surface area contributed by atoms with Crippen LogP contribution in [0.3, 0.4) is 0 Å². The van der Waals surface area contributed by atoms with Crippen LogP contribution in [0, 0.1) is 0 Å². The number of thiocarbonyl (C=S) groups is 2. The second kappa shape index (κ2) is 4.24. The summed E-state index contributed by atoms with van der Waals surface area (Å²) in [6.45, 7) is 0. The topological polar surface area (TPSA) is 85.3 Å². The van der Waals surface area contributed by atoms with Crippen LogP contribution in [0.15, 0.2) is 0 Å². The molecule has 0 unspecified atom stereocenters. The van der Waals surface area contributed by atoms with E-state index in [4.69, 9.17) is 11.5 Å². The molecule has 7 heteroatoms. The third-order valence-corrected chi connectivity index (χ3v) is 0.470. The smallest absolute Gasteiger partial charge is 0.189 e. The Bertz CT molecular complexity index is 112. The first-order valence-electron chi connectivity index (χ1n) is 1.89. The van der Waals surface area contributed by atoms with E-state index in [0.717, 1.165) is 0 Å². The summed E-state index contributed by atoms with van der Waals surface area (Å²) in [5.41, 5.74) is 14.1. The number of hydroxylamine groups is 2. The minimum atomic E-state index is -0.00116. The van der Waals surface area contributed by atoms with Gasteiger partial charge in [0.15, 0.2) is 10.2 Å². The van der Waals surface area contributed by atoms with Gasteiger partial charge in [-0.15, -0.1) is 0 Å². The molecule has 0 amide bonds. The van der Waals surface area contributed by atoms with Gasteiger partial charge in [0.2, 0.25) is 0 Å². The predicted octanol–water partition coefficient (Wildman–Crippen LogP) is -1.50. The van der Waals surface area contributed by atoms with Crippen LogP contribution in [0.1, 0.15) is 0 Å². The van der Waals surface area contributed by atoms with E-state index in [0.29, 0.717) is 0 Å². The van der Waals surface area contributed by atoms with Crippen molar-refractivity contribution in [2.24, 2.45) is 11.5 Å². The average Bonchev–Trinajstić information content (AvgIpc) is 1.63. The van der Waals surface area contributed by atoms with Gasteiger partial charge < -0.3 is 11.5 Å². The lowest BCUT2D eigenvalue weighted by Gasteiger charge is -2.02. The number of nitrogens with one attached hydrogen (secondary N) is 2. The number of hydrogen-bond acceptors (Lipinski definition) is 3. The maximum atomic E-state index is 4.95. The first-order valence-corrected chi connectivity index (χ1v) is 2.71. The average molecular weight is 166 g/mol. The first kappa shape index (κ1) is 8.34. The lowest BCUT2D eigenvalue weighted by molar-refractivity contribution is 0.0386. The molecule has 0 bridgehead atoms. The van der Waals surface area contributed by atoms with Gasteiger partial charge in [-0.25, -0.2) is 11.0 Å². The Morgan fingerprint density at radius 1 is 1.11 bits per heavy atom. The maximum Gasteiger partial charge on any atom is 0.189 e. The summed E-state index contributed by atoms with van der Waals surface area (Å²) in [6.07, 6.45) is 0. The van der Waals surface area contributed by atoms with Gasteiger partial charge in [0.1, 0.15) is 0 Å². The Morgan fingerprint density at radius 3 is 1.67 bits per heavy atom. The fourth-order valence-electron chi connectivity index (χ4n) is 0.126. The SMILES string of the molecule is NC(=S)NONC(N)=S. The van der Waals surface area contributed by atoms with Crippen LogP contribution in [0.5, 0.6) is 0 Å². The molecule has 0 radical (unpaired) electrons. The van der Waals surface area contributed by atoms with Gasteiger partial charge in [-0.05, 0) is 24.4 Å². The summed E-state index contributed by atoms with van der Waals surface area (Å²) in [4.78, 5) is 4.32. The molecule has 0 saturated heterocycles. The van der Waals surface area contributed by atoms with Gasteiger partial charge in [0.05, 0.1) is 0 Å². The first-order chi connectivity index (χ1) is 4.13. The normalized spacial score (nSPS) is 8.00. The highest BCUT2D eigenvalue weighted by molar-refractivity contribution is 7.80. The summed E-state index contributed by atoms with van der Waals surface area (Å²) in [5.74, 6) is 0. The van der Waals surface area contributed by atoms with Crippen molar-refractivity contribution >= 4 is 34.7 Å². The molecule has 6 N–H and O–H groups in total. The molecule has 9 heavy (non-hydrogen) atoms. The highest BCUT2D eigenvalue weighted by atomic mass is 32.1. The lowest BCUT2D eigenvalue weighted by Crippen LogP contribution is -2.39. The Labute approximate surface area is 62.6 Å². The quantitative estimate of drug-likeness (QED) is 0.293. The largest absolute Gasteiger partial charge is 0.375 e. The van der Waals surface area contributed by atoms with Crippen molar-refractivity contribution in [2.45, 2.75) is 0 Å². The monoisotopic (exact) mass is 166 g/mol. The molecule has 0 aliphatic heterocycles. The van der Waals surface area contributed by atoms with Crippen LogP contribution in [-0.4, -0.2) is 10.2 Å². The van der Waals surface area contributed by atoms with Gasteiger partial charge in [-0.2, -0.15) is 4.94 Å². The molecule has 0 spiro atoms. The van der Waals surface area contributed by atoms with Crippen LogP contribution in [0.25, 0.3) is 0 Å². The minimum Gasteiger partial charge on any atom is -0.375 e. The van der Waals surface area contributed by atoms with Crippen molar-refractivity contribution in [2.75, 3.05) is 0 Å². The van der Waals surface area contributed by atoms with Gasteiger partial charge >= 0.3 is 0 Å². The van der Waals surface area contributed by atoms with E-state index < -0.39 is 0 Å². The van der Waals surface area contributed by atoms with Crippen LogP contribution in [0.2, 0.25) is 0 Å². The second-order valence-corrected chi connectivity index (χ2v) is 1.91. The van der Waals surface area contributed by atoms with E-state index in [-0.39, 0.29) is 10.2 Å². The summed E-state index contributed by atoms with van der Waals surface area (Å²) in [6, 6.07) is 0. The molecule has 0 saturated carbocycles. The molecule has 0 atom stereocenters. The summed E-state index contributed by atoms with van der Waals surface area (Å²) >= 11 is 8.73. The molecule has 0 heterocycles. The van der Waals surface area contributed by atoms with E-state index in [9.17, 15) is 0 Å². The van der Waals surface area contributed by atoms with Crippen LogP contribution >= 0.6 is 24.4 Å². The van der Waals surface area contributed by atoms with Crippen LogP contribution in [0.4, 0.5) is 0 Å². The van der Waals surface area contributed by atoms with E-state index in [1.54, 1.807) is 0 Å². The third kappa shape index (κ3) is 7.34. The van der Waals surface area contributed by atoms with Crippen LogP contribution < -0.4 is 22.4 Å². The number of hydrogen-bond donors (Lipinski definition) is 4.